The number of carbonyl (C=O) groups excluding carboxylic acids is 1. The second-order valence-corrected chi connectivity index (χ2v) is 6.39. The summed E-state index contributed by atoms with van der Waals surface area (Å²) in [6, 6.07) is 0. The zero-order valence-corrected chi connectivity index (χ0v) is 12.9. The Kier molecular flexibility index (Phi) is 7.08. The molecule has 0 unspecified atom stereocenters. The summed E-state index contributed by atoms with van der Waals surface area (Å²) >= 11 is 1.98. The van der Waals surface area contributed by atoms with Crippen molar-refractivity contribution in [2.75, 3.05) is 32.4 Å². The Hall–Kier alpha value is -0.220. The first-order valence-electron chi connectivity index (χ1n) is 7.21. The van der Waals surface area contributed by atoms with Crippen molar-refractivity contribution in [3.8, 4) is 0 Å². The maximum Gasteiger partial charge on any atom is 0.236 e. The molecule has 1 amide bonds. The van der Waals surface area contributed by atoms with Crippen LogP contribution in [-0.4, -0.2) is 48.0 Å². The van der Waals surface area contributed by atoms with Gasteiger partial charge in [0.25, 0.3) is 0 Å². The second-order valence-electron chi connectivity index (χ2n) is 5.12. The number of hydrogen-bond donors (Lipinski definition) is 1. The van der Waals surface area contributed by atoms with Crippen LogP contribution in [0.4, 0.5) is 0 Å². The molecule has 1 aliphatic carbocycles. The lowest BCUT2D eigenvalue weighted by molar-refractivity contribution is -0.129. The molecule has 1 saturated carbocycles. The highest BCUT2D eigenvalue weighted by molar-refractivity contribution is 8.00. The lowest BCUT2D eigenvalue weighted by Gasteiger charge is -2.36. The molecule has 1 N–H and O–H groups in total. The van der Waals surface area contributed by atoms with Crippen molar-refractivity contribution < 1.29 is 4.79 Å². The molecular weight excluding hydrogens is 244 g/mol. The van der Waals surface area contributed by atoms with Gasteiger partial charge >= 0.3 is 0 Å². The first-order valence-corrected chi connectivity index (χ1v) is 8.43. The normalized spacial score (nSPS) is 18.6. The maximum atomic E-state index is 11.9. The lowest BCUT2D eigenvalue weighted by Crippen LogP contribution is -2.44. The molecule has 0 aliphatic heterocycles. The van der Waals surface area contributed by atoms with Gasteiger partial charge in [-0.2, -0.15) is 11.8 Å². The lowest BCUT2D eigenvalue weighted by atomic mass is 9.88. The van der Waals surface area contributed by atoms with Crippen LogP contribution in [0.15, 0.2) is 0 Å². The van der Waals surface area contributed by atoms with Gasteiger partial charge in [-0.05, 0) is 32.9 Å². The SMILES string of the molecule is CCN(CC)C(=O)CNCC1(SC)CCCCC1. The fraction of sp³-hybridized carbons (Fsp3) is 0.929. The van der Waals surface area contributed by atoms with Crippen LogP contribution < -0.4 is 5.32 Å². The van der Waals surface area contributed by atoms with Crippen LogP contribution in [0.1, 0.15) is 46.0 Å². The molecule has 0 bridgehead atoms. The zero-order chi connectivity index (χ0) is 13.4. The molecule has 0 saturated heterocycles. The van der Waals surface area contributed by atoms with Gasteiger partial charge in [-0.15, -0.1) is 0 Å². The van der Waals surface area contributed by atoms with Crippen molar-refractivity contribution in [1.29, 1.82) is 0 Å². The highest BCUT2D eigenvalue weighted by atomic mass is 32.2. The molecular formula is C14H28N2OS. The van der Waals surface area contributed by atoms with Crippen LogP contribution in [0.3, 0.4) is 0 Å². The predicted octanol–water partition coefficient (Wildman–Crippen LogP) is 2.51. The summed E-state index contributed by atoms with van der Waals surface area (Å²) in [7, 11) is 0. The summed E-state index contributed by atoms with van der Waals surface area (Å²) in [5.74, 6) is 0.229. The van der Waals surface area contributed by atoms with Crippen LogP contribution in [0.25, 0.3) is 0 Å². The van der Waals surface area contributed by atoms with E-state index < -0.39 is 0 Å². The first-order chi connectivity index (χ1) is 8.67. The van der Waals surface area contributed by atoms with Gasteiger partial charge in [0.1, 0.15) is 0 Å². The minimum absolute atomic E-state index is 0.229. The third-order valence-corrected chi connectivity index (χ3v) is 5.46. The number of likely N-dealkylation sites (N-methyl/N-ethyl adjacent to an activating group) is 1. The highest BCUT2D eigenvalue weighted by Crippen LogP contribution is 2.37. The molecule has 0 heterocycles. The molecule has 1 fully saturated rings. The third kappa shape index (κ3) is 4.47. The Bertz CT molecular complexity index is 248. The quantitative estimate of drug-likeness (QED) is 0.773. The van der Waals surface area contributed by atoms with Crippen LogP contribution in [0.2, 0.25) is 0 Å². The van der Waals surface area contributed by atoms with Crippen LogP contribution in [0.5, 0.6) is 0 Å². The standard InChI is InChI=1S/C14H28N2OS/c1-4-16(5-2)13(17)11-15-12-14(18-3)9-7-6-8-10-14/h15H,4-12H2,1-3H3. The molecule has 3 nitrogen and oxygen atoms in total. The van der Waals surface area contributed by atoms with Gasteiger partial charge in [0.2, 0.25) is 5.91 Å². The van der Waals surface area contributed by atoms with Crippen molar-refractivity contribution in [3.63, 3.8) is 0 Å². The van der Waals surface area contributed by atoms with E-state index in [-0.39, 0.29) is 5.91 Å². The Labute approximate surface area is 116 Å². The van der Waals surface area contributed by atoms with Gasteiger partial charge in [-0.25, -0.2) is 0 Å². The molecule has 18 heavy (non-hydrogen) atoms. The predicted molar refractivity (Wildman–Crippen MR) is 80.1 cm³/mol. The summed E-state index contributed by atoms with van der Waals surface area (Å²) in [5.41, 5.74) is 0. The third-order valence-electron chi connectivity index (χ3n) is 4.04. The van der Waals surface area contributed by atoms with Crippen molar-refractivity contribution in [2.45, 2.75) is 50.7 Å². The Balaban J connectivity index is 2.33. The summed E-state index contributed by atoms with van der Waals surface area (Å²) in [6.45, 7) is 7.15. The molecule has 0 aromatic rings. The van der Waals surface area contributed by atoms with E-state index in [0.717, 1.165) is 19.6 Å². The highest BCUT2D eigenvalue weighted by Gasteiger charge is 2.30. The van der Waals surface area contributed by atoms with Gasteiger partial charge < -0.3 is 10.2 Å². The number of carbonyl (C=O) groups is 1. The molecule has 0 aromatic heterocycles. The van der Waals surface area contributed by atoms with E-state index in [9.17, 15) is 4.79 Å². The van der Waals surface area contributed by atoms with Crippen molar-refractivity contribution >= 4 is 17.7 Å². The van der Waals surface area contributed by atoms with E-state index in [1.54, 1.807) is 0 Å². The number of nitrogens with zero attached hydrogens (tertiary/aromatic N) is 1. The zero-order valence-electron chi connectivity index (χ0n) is 12.1. The number of hydrogen-bond acceptors (Lipinski definition) is 3. The smallest absolute Gasteiger partial charge is 0.236 e. The van der Waals surface area contributed by atoms with Crippen LogP contribution in [0, 0.1) is 0 Å². The minimum atomic E-state index is 0.229. The Morgan fingerprint density at radius 1 is 1.22 bits per heavy atom. The number of amides is 1. The fourth-order valence-electron chi connectivity index (χ4n) is 2.73. The Morgan fingerprint density at radius 2 is 1.83 bits per heavy atom. The monoisotopic (exact) mass is 272 g/mol. The van der Waals surface area contributed by atoms with Crippen molar-refractivity contribution in [1.82, 2.24) is 10.2 Å². The number of nitrogens with one attached hydrogen (secondary N) is 1. The average Bonchev–Trinajstić information content (AvgIpc) is 2.41. The van der Waals surface area contributed by atoms with E-state index in [1.807, 2.05) is 30.5 Å². The van der Waals surface area contributed by atoms with Gasteiger partial charge in [0.05, 0.1) is 6.54 Å². The van der Waals surface area contributed by atoms with E-state index >= 15 is 0 Å². The largest absolute Gasteiger partial charge is 0.342 e. The molecule has 0 aromatic carbocycles. The molecule has 106 valence electrons. The van der Waals surface area contributed by atoms with Crippen LogP contribution in [-0.2, 0) is 4.79 Å². The van der Waals surface area contributed by atoms with Crippen LogP contribution >= 0.6 is 11.8 Å². The first kappa shape index (κ1) is 15.8. The molecule has 1 rings (SSSR count). The fourth-order valence-corrected chi connectivity index (χ4v) is 3.68. The number of thioether (sulfide) groups is 1. The van der Waals surface area contributed by atoms with E-state index in [2.05, 4.69) is 11.6 Å². The second kappa shape index (κ2) is 8.05. The summed E-state index contributed by atoms with van der Waals surface area (Å²) in [6.07, 6.45) is 8.85. The Morgan fingerprint density at radius 3 is 2.33 bits per heavy atom. The topological polar surface area (TPSA) is 32.3 Å². The summed E-state index contributed by atoms with van der Waals surface area (Å²) in [4.78, 5) is 13.8. The minimum Gasteiger partial charge on any atom is -0.342 e. The van der Waals surface area contributed by atoms with Gasteiger partial charge in [-0.3, -0.25) is 4.79 Å². The van der Waals surface area contributed by atoms with Gasteiger partial charge in [0.15, 0.2) is 0 Å². The molecule has 0 radical (unpaired) electrons. The molecule has 0 atom stereocenters. The van der Waals surface area contributed by atoms with E-state index in [0.29, 0.717) is 11.3 Å². The molecule has 0 spiro atoms. The van der Waals surface area contributed by atoms with E-state index in [1.165, 1.54) is 32.1 Å². The van der Waals surface area contributed by atoms with E-state index in [4.69, 9.17) is 0 Å². The number of rotatable bonds is 7. The maximum absolute atomic E-state index is 11.9. The molecule has 1 aliphatic rings. The van der Waals surface area contributed by atoms with Gasteiger partial charge in [0, 0.05) is 24.4 Å². The average molecular weight is 272 g/mol. The summed E-state index contributed by atoms with van der Waals surface area (Å²) < 4.78 is 0.377. The summed E-state index contributed by atoms with van der Waals surface area (Å²) in [5, 5.41) is 3.38. The molecule has 4 heteroatoms. The van der Waals surface area contributed by atoms with Crippen molar-refractivity contribution in [2.24, 2.45) is 0 Å². The van der Waals surface area contributed by atoms with Gasteiger partial charge in [-0.1, -0.05) is 19.3 Å². The van der Waals surface area contributed by atoms with Crippen molar-refractivity contribution in [3.05, 3.63) is 0 Å².